The number of benzene rings is 1. The third-order valence-corrected chi connectivity index (χ3v) is 3.12. The molecule has 0 unspecified atom stereocenters. The zero-order valence-corrected chi connectivity index (χ0v) is 10.4. The lowest BCUT2D eigenvalue weighted by molar-refractivity contribution is 0.313. The molecule has 0 aliphatic heterocycles. The van der Waals surface area contributed by atoms with Gasteiger partial charge in [-0.25, -0.2) is 0 Å². The minimum absolute atomic E-state index is 0.957. The Balaban J connectivity index is 1.83. The van der Waals surface area contributed by atoms with Gasteiger partial charge in [-0.3, -0.25) is 0 Å². The molecule has 16 heavy (non-hydrogen) atoms. The van der Waals surface area contributed by atoms with Crippen LogP contribution in [-0.2, 0) is 13.1 Å². The fourth-order valence-corrected chi connectivity index (χ4v) is 2.08. The quantitative estimate of drug-likeness (QED) is 0.788. The third-order valence-electron chi connectivity index (χ3n) is 3.12. The average Bonchev–Trinajstić information content (AvgIpc) is 3.05. The Morgan fingerprint density at radius 2 is 1.81 bits per heavy atom. The van der Waals surface area contributed by atoms with Gasteiger partial charge in [0.2, 0.25) is 0 Å². The minimum Gasteiger partial charge on any atom is -0.316 e. The van der Waals surface area contributed by atoms with E-state index in [0.717, 1.165) is 19.0 Å². The Labute approximate surface area is 98.7 Å². The van der Waals surface area contributed by atoms with E-state index in [4.69, 9.17) is 0 Å². The van der Waals surface area contributed by atoms with Gasteiger partial charge in [-0.2, -0.15) is 0 Å². The maximum atomic E-state index is 3.17. The molecule has 1 aromatic carbocycles. The van der Waals surface area contributed by atoms with Crippen molar-refractivity contribution in [1.82, 2.24) is 10.2 Å². The first-order valence-corrected chi connectivity index (χ1v) is 6.19. The molecule has 0 heterocycles. The summed E-state index contributed by atoms with van der Waals surface area (Å²) in [6.45, 7) is 3.30. The molecule has 0 saturated heterocycles. The van der Waals surface area contributed by atoms with Gasteiger partial charge in [0.05, 0.1) is 0 Å². The molecule has 0 bridgehead atoms. The van der Waals surface area contributed by atoms with Crippen LogP contribution < -0.4 is 5.32 Å². The van der Waals surface area contributed by atoms with Gasteiger partial charge >= 0.3 is 0 Å². The topological polar surface area (TPSA) is 15.3 Å². The highest BCUT2D eigenvalue weighted by atomic mass is 15.1. The van der Waals surface area contributed by atoms with E-state index in [1.54, 1.807) is 0 Å². The van der Waals surface area contributed by atoms with Crippen LogP contribution in [0.2, 0.25) is 0 Å². The second-order valence-corrected chi connectivity index (χ2v) is 4.99. The van der Waals surface area contributed by atoms with Crippen molar-refractivity contribution >= 4 is 0 Å². The maximum Gasteiger partial charge on any atom is 0.0230 e. The molecule has 88 valence electrons. The summed E-state index contributed by atoms with van der Waals surface area (Å²) >= 11 is 0. The Kier molecular flexibility index (Phi) is 3.97. The van der Waals surface area contributed by atoms with Crippen molar-refractivity contribution in [2.75, 3.05) is 20.6 Å². The zero-order chi connectivity index (χ0) is 11.4. The number of nitrogens with zero attached hydrogens (tertiary/aromatic N) is 1. The highest BCUT2D eigenvalue weighted by Crippen LogP contribution is 2.29. The predicted molar refractivity (Wildman–Crippen MR) is 68.3 cm³/mol. The summed E-state index contributed by atoms with van der Waals surface area (Å²) in [5, 5.41) is 3.17. The van der Waals surface area contributed by atoms with Crippen molar-refractivity contribution in [3.05, 3.63) is 35.4 Å². The Bertz CT molecular complexity index is 314. The first-order chi connectivity index (χ1) is 7.78. The van der Waals surface area contributed by atoms with Crippen LogP contribution in [0.25, 0.3) is 0 Å². The van der Waals surface area contributed by atoms with Crippen molar-refractivity contribution in [1.29, 1.82) is 0 Å². The van der Waals surface area contributed by atoms with Crippen LogP contribution in [0, 0.1) is 5.92 Å². The molecule has 0 amide bonds. The zero-order valence-electron chi connectivity index (χ0n) is 10.4. The van der Waals surface area contributed by atoms with Crippen molar-refractivity contribution in [2.45, 2.75) is 25.9 Å². The number of hydrogen-bond donors (Lipinski definition) is 1. The van der Waals surface area contributed by atoms with E-state index in [1.165, 1.54) is 30.5 Å². The molecule has 1 saturated carbocycles. The Morgan fingerprint density at radius 1 is 1.19 bits per heavy atom. The first kappa shape index (κ1) is 11.6. The van der Waals surface area contributed by atoms with Crippen LogP contribution in [0.3, 0.4) is 0 Å². The number of nitrogens with one attached hydrogen (secondary N) is 1. The monoisotopic (exact) mass is 218 g/mol. The van der Waals surface area contributed by atoms with Crippen LogP contribution >= 0.6 is 0 Å². The molecular weight excluding hydrogens is 196 g/mol. The first-order valence-electron chi connectivity index (χ1n) is 6.19. The molecule has 1 aromatic rings. The molecule has 2 nitrogen and oxygen atoms in total. The van der Waals surface area contributed by atoms with Gasteiger partial charge < -0.3 is 10.2 Å². The van der Waals surface area contributed by atoms with Crippen molar-refractivity contribution in [2.24, 2.45) is 5.92 Å². The fourth-order valence-electron chi connectivity index (χ4n) is 2.08. The van der Waals surface area contributed by atoms with Crippen LogP contribution in [0.1, 0.15) is 24.0 Å². The predicted octanol–water partition coefficient (Wildman–Crippen LogP) is 2.25. The molecule has 2 rings (SSSR count). The van der Waals surface area contributed by atoms with Crippen LogP contribution in [0.5, 0.6) is 0 Å². The van der Waals surface area contributed by atoms with Crippen LogP contribution in [-0.4, -0.2) is 25.5 Å². The smallest absolute Gasteiger partial charge is 0.0230 e. The Morgan fingerprint density at radius 3 is 2.38 bits per heavy atom. The molecule has 0 radical (unpaired) electrons. The van der Waals surface area contributed by atoms with Crippen molar-refractivity contribution < 1.29 is 0 Å². The summed E-state index contributed by atoms with van der Waals surface area (Å²) in [5.74, 6) is 0.980. The van der Waals surface area contributed by atoms with E-state index in [2.05, 4.69) is 41.5 Å². The van der Waals surface area contributed by atoms with Gasteiger partial charge in [-0.1, -0.05) is 24.3 Å². The van der Waals surface area contributed by atoms with E-state index in [9.17, 15) is 0 Å². The van der Waals surface area contributed by atoms with E-state index in [1.807, 2.05) is 7.05 Å². The average molecular weight is 218 g/mol. The highest BCUT2D eigenvalue weighted by molar-refractivity contribution is 5.22. The number of rotatable bonds is 6. The summed E-state index contributed by atoms with van der Waals surface area (Å²) in [5.41, 5.74) is 2.78. The second kappa shape index (κ2) is 5.46. The van der Waals surface area contributed by atoms with E-state index in [0.29, 0.717) is 0 Å². The molecule has 1 N–H and O–H groups in total. The van der Waals surface area contributed by atoms with E-state index in [-0.39, 0.29) is 0 Å². The van der Waals surface area contributed by atoms with Gasteiger partial charge in [-0.05, 0) is 44.0 Å². The fraction of sp³-hybridized carbons (Fsp3) is 0.571. The third kappa shape index (κ3) is 3.62. The molecular formula is C14H22N2. The molecule has 0 atom stereocenters. The van der Waals surface area contributed by atoms with E-state index >= 15 is 0 Å². The molecule has 1 fully saturated rings. The molecule has 0 spiro atoms. The van der Waals surface area contributed by atoms with E-state index < -0.39 is 0 Å². The summed E-state index contributed by atoms with van der Waals surface area (Å²) in [4.78, 5) is 2.44. The standard InChI is InChI=1S/C14H22N2/c1-15-9-12-3-5-13(6-4-12)10-16(2)11-14-7-8-14/h3-6,14-15H,7-11H2,1-2H3. The van der Waals surface area contributed by atoms with Gasteiger partial charge in [0.15, 0.2) is 0 Å². The van der Waals surface area contributed by atoms with Crippen molar-refractivity contribution in [3.63, 3.8) is 0 Å². The summed E-state index contributed by atoms with van der Waals surface area (Å²) in [6.07, 6.45) is 2.87. The summed E-state index contributed by atoms with van der Waals surface area (Å²) in [6, 6.07) is 8.93. The maximum absolute atomic E-state index is 3.17. The Hall–Kier alpha value is -0.860. The van der Waals surface area contributed by atoms with Gasteiger partial charge in [0.25, 0.3) is 0 Å². The van der Waals surface area contributed by atoms with Gasteiger partial charge in [-0.15, -0.1) is 0 Å². The highest BCUT2D eigenvalue weighted by Gasteiger charge is 2.22. The molecule has 2 heteroatoms. The lowest BCUT2D eigenvalue weighted by Crippen LogP contribution is -2.20. The van der Waals surface area contributed by atoms with Gasteiger partial charge in [0, 0.05) is 19.6 Å². The molecule has 1 aliphatic rings. The molecule has 1 aliphatic carbocycles. The normalized spacial score (nSPS) is 15.7. The summed E-state index contributed by atoms with van der Waals surface area (Å²) < 4.78 is 0. The van der Waals surface area contributed by atoms with Crippen LogP contribution in [0.4, 0.5) is 0 Å². The lowest BCUT2D eigenvalue weighted by atomic mass is 10.1. The van der Waals surface area contributed by atoms with Gasteiger partial charge in [0.1, 0.15) is 0 Å². The van der Waals surface area contributed by atoms with Crippen LogP contribution in [0.15, 0.2) is 24.3 Å². The minimum atomic E-state index is 0.957. The number of hydrogen-bond acceptors (Lipinski definition) is 2. The largest absolute Gasteiger partial charge is 0.316 e. The SMILES string of the molecule is CNCc1ccc(CN(C)CC2CC2)cc1. The van der Waals surface area contributed by atoms with Crippen molar-refractivity contribution in [3.8, 4) is 0 Å². The lowest BCUT2D eigenvalue weighted by Gasteiger charge is -2.16. The summed E-state index contributed by atoms with van der Waals surface area (Å²) in [7, 11) is 4.21. The second-order valence-electron chi connectivity index (χ2n) is 4.99. The molecule has 0 aromatic heterocycles.